The van der Waals surface area contributed by atoms with Crippen LogP contribution in [0.1, 0.15) is 46.4 Å². The van der Waals surface area contributed by atoms with Crippen molar-refractivity contribution in [2.24, 2.45) is 0 Å². The van der Waals surface area contributed by atoms with Gasteiger partial charge in [-0.1, -0.05) is 97.1 Å². The van der Waals surface area contributed by atoms with Crippen LogP contribution in [0.5, 0.6) is 23.0 Å². The highest BCUT2D eigenvalue weighted by Gasteiger charge is 2.42. The van der Waals surface area contributed by atoms with Crippen LogP contribution in [0.3, 0.4) is 0 Å². The van der Waals surface area contributed by atoms with Crippen molar-refractivity contribution in [1.29, 1.82) is 0 Å². The zero-order chi connectivity index (χ0) is 29.6. The summed E-state index contributed by atoms with van der Waals surface area (Å²) >= 11 is 0. The van der Waals surface area contributed by atoms with E-state index in [4.69, 9.17) is 18.9 Å². The summed E-state index contributed by atoms with van der Waals surface area (Å²) in [5, 5.41) is 11.8. The van der Waals surface area contributed by atoms with Gasteiger partial charge in [-0.25, -0.2) is 0 Å². The molecule has 0 spiro atoms. The quantitative estimate of drug-likeness (QED) is 0.183. The van der Waals surface area contributed by atoms with Crippen molar-refractivity contribution in [3.8, 4) is 23.0 Å². The molecule has 1 N–H and O–H groups in total. The molecule has 0 fully saturated rings. The van der Waals surface area contributed by atoms with Crippen LogP contribution in [0.2, 0.25) is 0 Å². The molecule has 2 atom stereocenters. The average molecular weight is 573 g/mol. The second kappa shape index (κ2) is 12.6. The Morgan fingerprint density at radius 3 is 1.72 bits per heavy atom. The number of aryl methyl sites for hydroxylation is 1. The number of hydrogen-bond donors (Lipinski definition) is 1. The van der Waals surface area contributed by atoms with E-state index in [2.05, 4.69) is 0 Å². The highest BCUT2D eigenvalue weighted by atomic mass is 16.5. The Bertz CT molecular complexity index is 1650. The molecule has 0 aromatic heterocycles. The molecule has 5 aromatic rings. The number of ether oxygens (including phenoxy) is 4. The predicted octanol–water partition coefficient (Wildman–Crippen LogP) is 8.16. The van der Waals surface area contributed by atoms with Crippen molar-refractivity contribution in [3.63, 3.8) is 0 Å². The van der Waals surface area contributed by atoms with E-state index in [1.165, 1.54) is 0 Å². The molecule has 43 heavy (non-hydrogen) atoms. The van der Waals surface area contributed by atoms with Crippen LogP contribution >= 0.6 is 0 Å². The van der Waals surface area contributed by atoms with Crippen molar-refractivity contribution < 1.29 is 24.1 Å². The fourth-order valence-corrected chi connectivity index (χ4v) is 5.42. The zero-order valence-corrected chi connectivity index (χ0v) is 24.5. The van der Waals surface area contributed by atoms with Gasteiger partial charge in [0.05, 0.1) is 0 Å². The fraction of sp³-hybridized carbons (Fsp3) is 0.211. The van der Waals surface area contributed by atoms with Gasteiger partial charge < -0.3 is 24.1 Å². The number of hydrogen-bond acceptors (Lipinski definition) is 5. The Kier molecular flexibility index (Phi) is 8.34. The minimum atomic E-state index is -1.20. The van der Waals surface area contributed by atoms with E-state index in [1.54, 1.807) is 0 Å². The van der Waals surface area contributed by atoms with Gasteiger partial charge in [0, 0.05) is 12.0 Å². The summed E-state index contributed by atoms with van der Waals surface area (Å²) in [6.07, 6.45) is -0.241. The molecule has 0 bridgehead atoms. The Balaban J connectivity index is 1.28. The molecule has 1 aliphatic rings. The zero-order valence-electron chi connectivity index (χ0n) is 24.5. The summed E-state index contributed by atoms with van der Waals surface area (Å²) in [5.74, 6) is 2.68. The van der Waals surface area contributed by atoms with Crippen LogP contribution in [0.15, 0.2) is 121 Å². The van der Waals surface area contributed by atoms with Crippen molar-refractivity contribution >= 4 is 0 Å². The van der Waals surface area contributed by atoms with Gasteiger partial charge in [0.25, 0.3) is 0 Å². The van der Waals surface area contributed by atoms with Crippen molar-refractivity contribution in [1.82, 2.24) is 0 Å². The lowest BCUT2D eigenvalue weighted by Crippen LogP contribution is -2.42. The Morgan fingerprint density at radius 2 is 1.16 bits per heavy atom. The van der Waals surface area contributed by atoms with Gasteiger partial charge in [-0.3, -0.25) is 0 Å². The molecule has 0 unspecified atom stereocenters. The lowest BCUT2D eigenvalue weighted by molar-refractivity contribution is -0.0631. The Hall–Kier alpha value is -4.74. The molecule has 1 aliphatic heterocycles. The van der Waals surface area contributed by atoms with Gasteiger partial charge in [0.2, 0.25) is 0 Å². The molecule has 0 amide bonds. The molecule has 0 radical (unpaired) electrons. The minimum Gasteiger partial charge on any atom is -0.488 e. The van der Waals surface area contributed by atoms with Crippen molar-refractivity contribution in [3.05, 3.63) is 155 Å². The van der Waals surface area contributed by atoms with Gasteiger partial charge in [-0.05, 0) is 65.9 Å². The van der Waals surface area contributed by atoms with Gasteiger partial charge in [0.1, 0.15) is 36.9 Å². The summed E-state index contributed by atoms with van der Waals surface area (Å²) in [6.45, 7) is 5.08. The first-order chi connectivity index (χ1) is 20.9. The third-order valence-corrected chi connectivity index (χ3v) is 7.64. The van der Waals surface area contributed by atoms with E-state index in [0.29, 0.717) is 37.7 Å². The first-order valence-electron chi connectivity index (χ1n) is 14.6. The monoisotopic (exact) mass is 572 g/mol. The number of rotatable bonds is 10. The maximum Gasteiger partial charge on any atom is 0.162 e. The molecular weight excluding hydrogens is 536 g/mol. The lowest BCUT2D eigenvalue weighted by atomic mass is 9.83. The molecule has 0 saturated heterocycles. The third-order valence-electron chi connectivity index (χ3n) is 7.64. The Morgan fingerprint density at radius 1 is 0.651 bits per heavy atom. The predicted molar refractivity (Wildman–Crippen MR) is 168 cm³/mol. The first kappa shape index (κ1) is 28.4. The molecule has 1 heterocycles. The maximum absolute atomic E-state index is 11.8. The van der Waals surface area contributed by atoms with Crippen LogP contribution in [0.4, 0.5) is 0 Å². The average Bonchev–Trinajstić information content (AvgIpc) is 3.03. The molecule has 0 aliphatic carbocycles. The van der Waals surface area contributed by atoms with Gasteiger partial charge in [0.15, 0.2) is 17.6 Å². The van der Waals surface area contributed by atoms with E-state index < -0.39 is 11.7 Å². The van der Waals surface area contributed by atoms with Gasteiger partial charge in [-0.15, -0.1) is 0 Å². The van der Waals surface area contributed by atoms with Gasteiger partial charge in [-0.2, -0.15) is 0 Å². The summed E-state index contributed by atoms with van der Waals surface area (Å²) < 4.78 is 25.3. The van der Waals surface area contributed by atoms with Crippen LogP contribution < -0.4 is 18.9 Å². The second-order valence-corrected chi connectivity index (χ2v) is 11.3. The minimum absolute atomic E-state index is 0.379. The SMILES string of the molecule is Cc1cc(OCc2ccccc2)c2c(c1)O[C@H](c1ccc(OCc3ccccc3)c(OCc3ccccc3)c1)[C@](C)(O)C2. The van der Waals surface area contributed by atoms with Crippen LogP contribution in [0, 0.1) is 6.92 Å². The smallest absolute Gasteiger partial charge is 0.162 e. The standard InChI is InChI=1S/C38H36O5/c1-27-20-34(41-25-29-14-8-4-9-15-29)32-23-38(2,39)37(43-35(32)21-27)31-18-19-33(40-24-28-12-6-3-7-13-28)36(22-31)42-26-30-16-10-5-11-17-30/h3-22,37,39H,23-26H2,1-2H3/t37-,38-/m1/s1. The molecule has 5 heteroatoms. The molecule has 218 valence electrons. The number of fused-ring (bicyclic) bond motifs is 1. The van der Waals surface area contributed by atoms with Crippen LogP contribution in [0.25, 0.3) is 0 Å². The normalized spacial score (nSPS) is 17.4. The third kappa shape index (κ3) is 6.85. The maximum atomic E-state index is 11.8. The van der Waals surface area contributed by atoms with Gasteiger partial charge >= 0.3 is 0 Å². The van der Waals surface area contributed by atoms with E-state index >= 15 is 0 Å². The second-order valence-electron chi connectivity index (χ2n) is 11.3. The molecule has 0 saturated carbocycles. The first-order valence-corrected chi connectivity index (χ1v) is 14.6. The summed E-state index contributed by atoms with van der Waals surface area (Å²) in [7, 11) is 0. The van der Waals surface area contributed by atoms with Crippen molar-refractivity contribution in [2.45, 2.75) is 51.8 Å². The lowest BCUT2D eigenvalue weighted by Gasteiger charge is -2.39. The largest absolute Gasteiger partial charge is 0.488 e. The fourth-order valence-electron chi connectivity index (χ4n) is 5.42. The topological polar surface area (TPSA) is 57.2 Å². The van der Waals surface area contributed by atoms with E-state index in [9.17, 15) is 5.11 Å². The highest BCUT2D eigenvalue weighted by molar-refractivity contribution is 5.52. The van der Waals surface area contributed by atoms with Crippen LogP contribution in [-0.2, 0) is 26.2 Å². The Labute approximate surface area is 253 Å². The summed E-state index contributed by atoms with van der Waals surface area (Å²) in [4.78, 5) is 0. The number of benzene rings is 5. The molecular formula is C38H36O5. The van der Waals surface area contributed by atoms with E-state index in [1.807, 2.05) is 135 Å². The number of aliphatic hydroxyl groups is 1. The molecule has 5 nitrogen and oxygen atoms in total. The summed E-state index contributed by atoms with van der Waals surface area (Å²) in [5.41, 5.74) is 4.70. The highest BCUT2D eigenvalue weighted by Crippen LogP contribution is 2.46. The molecule has 6 rings (SSSR count). The van der Waals surface area contributed by atoms with E-state index in [-0.39, 0.29) is 0 Å². The van der Waals surface area contributed by atoms with Crippen LogP contribution in [-0.4, -0.2) is 10.7 Å². The summed E-state index contributed by atoms with van der Waals surface area (Å²) in [6, 6.07) is 39.9. The van der Waals surface area contributed by atoms with E-state index in [0.717, 1.165) is 44.9 Å². The molecule has 5 aromatic carbocycles. The van der Waals surface area contributed by atoms with Crippen molar-refractivity contribution in [2.75, 3.05) is 0 Å².